The molecule has 1 aliphatic rings. The Kier molecular flexibility index (Phi) is 4.46. The van der Waals surface area contributed by atoms with Gasteiger partial charge >= 0.3 is 0 Å². The zero-order valence-electron chi connectivity index (χ0n) is 13.1. The third-order valence-electron chi connectivity index (χ3n) is 4.56. The smallest absolute Gasteiger partial charge is 0.222 e. The number of carbonyl (C=O) groups is 1. The molecule has 1 N–H and O–H groups in total. The lowest BCUT2D eigenvalue weighted by Crippen LogP contribution is -2.39. The lowest BCUT2D eigenvalue weighted by molar-refractivity contribution is -0.132. The number of nitrogens with one attached hydrogen (secondary N) is 1. The van der Waals surface area contributed by atoms with Crippen LogP contribution in [-0.4, -0.2) is 28.9 Å². The highest BCUT2D eigenvalue weighted by molar-refractivity contribution is 5.80. The van der Waals surface area contributed by atoms with Crippen LogP contribution in [0.1, 0.15) is 50.6 Å². The second kappa shape index (κ2) is 6.51. The number of carbonyl (C=O) groups excluding carboxylic acids is 1. The van der Waals surface area contributed by atoms with Gasteiger partial charge in [0.25, 0.3) is 0 Å². The molecule has 1 saturated heterocycles. The first-order valence-corrected chi connectivity index (χ1v) is 8.23. The number of halogens is 1. The Balaban J connectivity index is 1.74. The molecule has 0 aliphatic carbocycles. The number of hydrogen-bond donors (Lipinski definition) is 1. The van der Waals surface area contributed by atoms with Crippen molar-refractivity contribution >= 4 is 16.8 Å². The Bertz CT molecular complexity index is 664. The van der Waals surface area contributed by atoms with Crippen molar-refractivity contribution in [3.63, 3.8) is 0 Å². The van der Waals surface area contributed by atoms with E-state index in [-0.39, 0.29) is 11.7 Å². The number of likely N-dealkylation sites (tertiary alicyclic amines) is 1. The lowest BCUT2D eigenvalue weighted by atomic mass is 9.94. The van der Waals surface area contributed by atoms with Gasteiger partial charge in [0.05, 0.1) is 0 Å². The van der Waals surface area contributed by atoms with Crippen molar-refractivity contribution in [1.29, 1.82) is 0 Å². The van der Waals surface area contributed by atoms with Crippen molar-refractivity contribution in [3.8, 4) is 0 Å². The Morgan fingerprint density at radius 1 is 1.41 bits per heavy atom. The first-order chi connectivity index (χ1) is 10.7. The molecule has 1 atom stereocenters. The zero-order valence-corrected chi connectivity index (χ0v) is 13.1. The minimum absolute atomic E-state index is 0.210. The number of aromatic amines is 1. The maximum atomic E-state index is 13.3. The number of hydrogen-bond acceptors (Lipinski definition) is 1. The summed E-state index contributed by atoms with van der Waals surface area (Å²) in [6.45, 7) is 3.75. The van der Waals surface area contributed by atoms with Crippen LogP contribution in [0.3, 0.4) is 0 Å². The number of aromatic nitrogens is 1. The largest absolute Gasteiger partial charge is 0.358 e. The summed E-state index contributed by atoms with van der Waals surface area (Å²) in [5.41, 5.74) is 2.08. The maximum absolute atomic E-state index is 13.3. The topological polar surface area (TPSA) is 36.1 Å². The Labute approximate surface area is 130 Å². The van der Waals surface area contributed by atoms with Crippen LogP contribution in [-0.2, 0) is 4.79 Å². The van der Waals surface area contributed by atoms with Crippen molar-refractivity contribution in [2.24, 2.45) is 0 Å². The molecule has 1 unspecified atom stereocenters. The van der Waals surface area contributed by atoms with Crippen LogP contribution in [0.2, 0.25) is 0 Å². The molecule has 22 heavy (non-hydrogen) atoms. The van der Waals surface area contributed by atoms with E-state index in [1.165, 1.54) is 6.07 Å². The number of H-pyrrole nitrogens is 1. The Morgan fingerprint density at radius 2 is 2.27 bits per heavy atom. The number of nitrogens with zero attached hydrogens (tertiary/aromatic N) is 1. The molecule has 3 nitrogen and oxygen atoms in total. The zero-order chi connectivity index (χ0) is 15.5. The molecule has 4 heteroatoms. The monoisotopic (exact) mass is 302 g/mol. The Morgan fingerprint density at radius 3 is 3.09 bits per heavy atom. The van der Waals surface area contributed by atoms with E-state index < -0.39 is 0 Å². The standard InChI is InChI=1S/C18H23FN2O/c1-2-3-6-18(22)21-9-4-5-13(12-21)17-11-14-10-15(19)7-8-16(14)20-17/h7-8,10-11,13,20H,2-6,9,12H2,1H3. The summed E-state index contributed by atoms with van der Waals surface area (Å²) < 4.78 is 13.3. The number of amides is 1. The van der Waals surface area contributed by atoms with Crippen LogP contribution in [0.4, 0.5) is 4.39 Å². The summed E-state index contributed by atoms with van der Waals surface area (Å²) >= 11 is 0. The van der Waals surface area contributed by atoms with Crippen LogP contribution >= 0.6 is 0 Å². The van der Waals surface area contributed by atoms with Gasteiger partial charge in [0.1, 0.15) is 5.82 Å². The summed E-state index contributed by atoms with van der Waals surface area (Å²) in [5.74, 6) is 0.390. The fourth-order valence-electron chi connectivity index (χ4n) is 3.29. The van der Waals surface area contributed by atoms with E-state index >= 15 is 0 Å². The molecule has 1 aromatic heterocycles. The van der Waals surface area contributed by atoms with Gasteiger partial charge in [-0.05, 0) is 43.5 Å². The Hall–Kier alpha value is -1.84. The second-order valence-corrected chi connectivity index (χ2v) is 6.24. The van der Waals surface area contributed by atoms with E-state index in [2.05, 4.69) is 11.9 Å². The van der Waals surface area contributed by atoms with Gasteiger partial charge in [0, 0.05) is 42.0 Å². The summed E-state index contributed by atoms with van der Waals surface area (Å²) in [5, 5.41) is 0.907. The summed E-state index contributed by atoms with van der Waals surface area (Å²) in [6, 6.07) is 6.84. The quantitative estimate of drug-likeness (QED) is 0.902. The van der Waals surface area contributed by atoms with Crippen molar-refractivity contribution < 1.29 is 9.18 Å². The van der Waals surface area contributed by atoms with E-state index in [9.17, 15) is 9.18 Å². The van der Waals surface area contributed by atoms with Gasteiger partial charge in [-0.25, -0.2) is 4.39 Å². The third-order valence-corrected chi connectivity index (χ3v) is 4.56. The fourth-order valence-corrected chi connectivity index (χ4v) is 3.29. The lowest BCUT2D eigenvalue weighted by Gasteiger charge is -2.32. The molecule has 0 spiro atoms. The van der Waals surface area contributed by atoms with E-state index in [0.717, 1.165) is 55.4 Å². The highest BCUT2D eigenvalue weighted by Gasteiger charge is 2.25. The minimum Gasteiger partial charge on any atom is -0.358 e. The van der Waals surface area contributed by atoms with Crippen molar-refractivity contribution in [2.45, 2.75) is 44.9 Å². The van der Waals surface area contributed by atoms with Crippen LogP contribution in [0.5, 0.6) is 0 Å². The molecule has 0 bridgehead atoms. The van der Waals surface area contributed by atoms with Crippen molar-refractivity contribution in [2.75, 3.05) is 13.1 Å². The first kappa shape index (κ1) is 15.1. The molecular formula is C18H23FN2O. The highest BCUT2D eigenvalue weighted by atomic mass is 19.1. The van der Waals surface area contributed by atoms with Gasteiger partial charge in [0.2, 0.25) is 5.91 Å². The van der Waals surface area contributed by atoms with Gasteiger partial charge in [-0.15, -0.1) is 0 Å². The molecule has 1 fully saturated rings. The molecule has 1 amide bonds. The first-order valence-electron chi connectivity index (χ1n) is 8.23. The molecule has 118 valence electrons. The normalized spacial score (nSPS) is 18.8. The average Bonchev–Trinajstić information content (AvgIpc) is 2.95. The predicted molar refractivity (Wildman–Crippen MR) is 86.3 cm³/mol. The molecule has 1 aromatic carbocycles. The molecule has 0 saturated carbocycles. The van der Waals surface area contributed by atoms with Gasteiger partial charge in [0.15, 0.2) is 0 Å². The summed E-state index contributed by atoms with van der Waals surface area (Å²) in [4.78, 5) is 17.6. The number of fused-ring (bicyclic) bond motifs is 1. The van der Waals surface area contributed by atoms with Crippen LogP contribution in [0.15, 0.2) is 24.3 Å². The van der Waals surface area contributed by atoms with E-state index in [1.54, 1.807) is 12.1 Å². The SMILES string of the molecule is CCCCC(=O)N1CCCC(c2cc3cc(F)ccc3[nH]2)C1. The second-order valence-electron chi connectivity index (χ2n) is 6.24. The van der Waals surface area contributed by atoms with Crippen LogP contribution in [0, 0.1) is 5.82 Å². The van der Waals surface area contributed by atoms with Crippen molar-refractivity contribution in [1.82, 2.24) is 9.88 Å². The van der Waals surface area contributed by atoms with E-state index in [1.807, 2.05) is 11.0 Å². The highest BCUT2D eigenvalue weighted by Crippen LogP contribution is 2.29. The maximum Gasteiger partial charge on any atom is 0.222 e. The van der Waals surface area contributed by atoms with Crippen LogP contribution in [0.25, 0.3) is 10.9 Å². The van der Waals surface area contributed by atoms with Gasteiger partial charge in [-0.1, -0.05) is 13.3 Å². The third kappa shape index (κ3) is 3.16. The predicted octanol–water partition coefficient (Wildman–Crippen LogP) is 4.20. The average molecular weight is 302 g/mol. The molecule has 3 rings (SSSR count). The van der Waals surface area contributed by atoms with Gasteiger partial charge < -0.3 is 9.88 Å². The van der Waals surface area contributed by atoms with Crippen LogP contribution < -0.4 is 0 Å². The van der Waals surface area contributed by atoms with Crippen molar-refractivity contribution in [3.05, 3.63) is 35.8 Å². The molecule has 1 aliphatic heterocycles. The van der Waals surface area contributed by atoms with Gasteiger partial charge in [-0.2, -0.15) is 0 Å². The molecule has 2 aromatic rings. The minimum atomic E-state index is -0.210. The summed E-state index contributed by atoms with van der Waals surface area (Å²) in [6.07, 6.45) is 4.78. The number of piperidine rings is 1. The van der Waals surface area contributed by atoms with E-state index in [4.69, 9.17) is 0 Å². The number of unbranched alkanes of at least 4 members (excludes halogenated alkanes) is 1. The summed E-state index contributed by atoms with van der Waals surface area (Å²) in [7, 11) is 0. The number of benzene rings is 1. The number of rotatable bonds is 4. The molecule has 0 radical (unpaired) electrons. The van der Waals surface area contributed by atoms with Gasteiger partial charge in [-0.3, -0.25) is 4.79 Å². The molecule has 2 heterocycles. The fraction of sp³-hybridized carbons (Fsp3) is 0.500. The van der Waals surface area contributed by atoms with E-state index in [0.29, 0.717) is 12.3 Å². The molecular weight excluding hydrogens is 279 g/mol.